The third-order valence-electron chi connectivity index (χ3n) is 2.98. The summed E-state index contributed by atoms with van der Waals surface area (Å²) in [6.07, 6.45) is 4.87. The fraction of sp³-hybridized carbons (Fsp3) is 0.429. The molecule has 2 aromatic rings. The molecule has 0 aliphatic rings. The molecule has 2 rings (SSSR count). The molecule has 0 radical (unpaired) electrons. The first kappa shape index (κ1) is 14.2. The Hall–Kier alpha value is -1.20. The summed E-state index contributed by atoms with van der Waals surface area (Å²) in [5.41, 5.74) is 4.27. The van der Waals surface area contributed by atoms with Gasteiger partial charge >= 0.3 is 0 Å². The summed E-state index contributed by atoms with van der Waals surface area (Å²) in [6, 6.07) is 2.13. The molecule has 0 saturated carbocycles. The van der Waals surface area contributed by atoms with Gasteiger partial charge in [0.2, 0.25) is 0 Å². The van der Waals surface area contributed by atoms with Gasteiger partial charge in [0, 0.05) is 12.7 Å². The fourth-order valence-corrected chi connectivity index (χ4v) is 2.22. The molecule has 4 nitrogen and oxygen atoms in total. The van der Waals surface area contributed by atoms with Crippen LogP contribution in [-0.2, 0) is 6.54 Å². The van der Waals surface area contributed by atoms with Crippen molar-refractivity contribution in [2.45, 2.75) is 33.7 Å². The molecule has 0 fully saturated rings. The third-order valence-corrected chi connectivity index (χ3v) is 4.13. The van der Waals surface area contributed by atoms with Crippen molar-refractivity contribution >= 4 is 15.9 Å². The Bertz CT molecular complexity index is 563. The summed E-state index contributed by atoms with van der Waals surface area (Å²) in [5, 5.41) is 7.91. The van der Waals surface area contributed by atoms with E-state index in [4.69, 9.17) is 0 Å². The van der Waals surface area contributed by atoms with Crippen LogP contribution in [-0.4, -0.2) is 21.3 Å². The summed E-state index contributed by atoms with van der Waals surface area (Å²) >= 11 is 3.55. The van der Waals surface area contributed by atoms with E-state index >= 15 is 0 Å². The normalized spacial score (nSPS) is 10.9. The zero-order valence-electron chi connectivity index (χ0n) is 11.6. The first-order chi connectivity index (χ1) is 9.13. The largest absolute Gasteiger partial charge is 0.313 e. The highest BCUT2D eigenvalue weighted by atomic mass is 79.9. The van der Waals surface area contributed by atoms with Crippen LogP contribution >= 0.6 is 15.9 Å². The van der Waals surface area contributed by atoms with Gasteiger partial charge in [-0.3, -0.25) is 4.98 Å². The number of aryl methyl sites for hydroxylation is 1. The summed E-state index contributed by atoms with van der Waals surface area (Å²) < 4.78 is 2.98. The molecule has 0 unspecified atom stereocenters. The molecule has 0 aromatic carbocycles. The molecule has 19 heavy (non-hydrogen) atoms. The molecule has 0 spiro atoms. The standard InChI is InChI=1S/C14H19BrN4/c1-4-5-16-7-12-6-13(9-17-8-12)19-11(3)14(15)10(2)18-19/h6,8-9,16H,4-5,7H2,1-3H3. The van der Waals surface area contributed by atoms with Crippen molar-refractivity contribution in [1.29, 1.82) is 0 Å². The van der Waals surface area contributed by atoms with Gasteiger partial charge in [0.05, 0.1) is 27.7 Å². The molecular weight excluding hydrogens is 304 g/mol. The van der Waals surface area contributed by atoms with Gasteiger partial charge in [-0.1, -0.05) is 6.92 Å². The van der Waals surface area contributed by atoms with E-state index in [9.17, 15) is 0 Å². The Labute approximate surface area is 122 Å². The first-order valence-corrected chi connectivity index (χ1v) is 7.29. The highest BCUT2D eigenvalue weighted by molar-refractivity contribution is 9.10. The molecule has 1 N–H and O–H groups in total. The van der Waals surface area contributed by atoms with Gasteiger partial charge in [-0.2, -0.15) is 5.10 Å². The van der Waals surface area contributed by atoms with Crippen molar-refractivity contribution in [2.75, 3.05) is 6.54 Å². The van der Waals surface area contributed by atoms with Gasteiger partial charge in [-0.15, -0.1) is 0 Å². The predicted molar refractivity (Wildman–Crippen MR) is 80.5 cm³/mol. The van der Waals surface area contributed by atoms with Crippen molar-refractivity contribution in [3.8, 4) is 5.69 Å². The van der Waals surface area contributed by atoms with Crippen LogP contribution in [0.4, 0.5) is 0 Å². The zero-order valence-corrected chi connectivity index (χ0v) is 13.2. The number of pyridine rings is 1. The van der Waals surface area contributed by atoms with Crippen LogP contribution in [0.2, 0.25) is 0 Å². The van der Waals surface area contributed by atoms with E-state index in [1.165, 1.54) is 5.56 Å². The Morgan fingerprint density at radius 1 is 1.32 bits per heavy atom. The average molecular weight is 323 g/mol. The SMILES string of the molecule is CCCNCc1cncc(-n2nc(C)c(Br)c2C)c1. The maximum atomic E-state index is 4.53. The first-order valence-electron chi connectivity index (χ1n) is 6.50. The lowest BCUT2D eigenvalue weighted by molar-refractivity contribution is 0.672. The second kappa shape index (κ2) is 6.30. The second-order valence-electron chi connectivity index (χ2n) is 4.62. The van der Waals surface area contributed by atoms with Gasteiger partial charge in [0.25, 0.3) is 0 Å². The van der Waals surface area contributed by atoms with Crippen molar-refractivity contribution in [3.63, 3.8) is 0 Å². The lowest BCUT2D eigenvalue weighted by atomic mass is 10.2. The minimum Gasteiger partial charge on any atom is -0.313 e. The minimum absolute atomic E-state index is 0.842. The number of aromatic nitrogens is 3. The third kappa shape index (κ3) is 3.22. The predicted octanol–water partition coefficient (Wildman–Crippen LogP) is 3.15. The highest BCUT2D eigenvalue weighted by Crippen LogP contribution is 2.22. The molecule has 0 atom stereocenters. The molecule has 0 bridgehead atoms. The lowest BCUT2D eigenvalue weighted by Gasteiger charge is -2.07. The lowest BCUT2D eigenvalue weighted by Crippen LogP contribution is -2.14. The van der Waals surface area contributed by atoms with Crippen LogP contribution in [0.3, 0.4) is 0 Å². The van der Waals surface area contributed by atoms with E-state index in [1.807, 2.05) is 30.9 Å². The Morgan fingerprint density at radius 3 is 2.74 bits per heavy atom. The molecule has 0 aliphatic carbocycles. The van der Waals surface area contributed by atoms with Gasteiger partial charge in [-0.25, -0.2) is 4.68 Å². The zero-order chi connectivity index (χ0) is 13.8. The monoisotopic (exact) mass is 322 g/mol. The van der Waals surface area contributed by atoms with Crippen molar-refractivity contribution < 1.29 is 0 Å². The number of nitrogens with one attached hydrogen (secondary N) is 1. The molecule has 102 valence electrons. The summed E-state index contributed by atoms with van der Waals surface area (Å²) in [4.78, 5) is 4.30. The molecule has 0 aliphatic heterocycles. The van der Waals surface area contributed by atoms with Crippen LogP contribution in [0.5, 0.6) is 0 Å². The van der Waals surface area contributed by atoms with E-state index in [0.29, 0.717) is 0 Å². The van der Waals surface area contributed by atoms with E-state index in [2.05, 4.69) is 44.3 Å². The van der Waals surface area contributed by atoms with Gasteiger partial charge in [-0.05, 0) is 54.4 Å². The minimum atomic E-state index is 0.842. The quantitative estimate of drug-likeness (QED) is 0.860. The number of hydrogen-bond acceptors (Lipinski definition) is 3. The van der Waals surface area contributed by atoms with Crippen LogP contribution in [0.25, 0.3) is 5.69 Å². The van der Waals surface area contributed by atoms with E-state index in [1.54, 1.807) is 0 Å². The Balaban J connectivity index is 2.25. The van der Waals surface area contributed by atoms with Crippen LogP contribution < -0.4 is 5.32 Å². The molecule has 5 heteroatoms. The van der Waals surface area contributed by atoms with E-state index in [-0.39, 0.29) is 0 Å². The maximum absolute atomic E-state index is 4.53. The molecule has 0 saturated heterocycles. The van der Waals surface area contributed by atoms with Gasteiger partial charge in [0.1, 0.15) is 0 Å². The van der Waals surface area contributed by atoms with Crippen LogP contribution in [0, 0.1) is 13.8 Å². The average Bonchev–Trinajstić information content (AvgIpc) is 2.67. The molecular formula is C14H19BrN4. The summed E-state index contributed by atoms with van der Waals surface area (Å²) in [7, 11) is 0. The molecule has 2 heterocycles. The highest BCUT2D eigenvalue weighted by Gasteiger charge is 2.10. The topological polar surface area (TPSA) is 42.7 Å². The maximum Gasteiger partial charge on any atom is 0.0835 e. The van der Waals surface area contributed by atoms with Crippen LogP contribution in [0.1, 0.15) is 30.3 Å². The Morgan fingerprint density at radius 2 is 2.11 bits per heavy atom. The number of hydrogen-bond donors (Lipinski definition) is 1. The van der Waals surface area contributed by atoms with Gasteiger partial charge in [0.15, 0.2) is 0 Å². The van der Waals surface area contributed by atoms with Crippen LogP contribution in [0.15, 0.2) is 22.9 Å². The summed E-state index contributed by atoms with van der Waals surface area (Å²) in [6.45, 7) is 8.07. The number of nitrogens with zero attached hydrogens (tertiary/aromatic N) is 3. The van der Waals surface area contributed by atoms with Crippen molar-refractivity contribution in [1.82, 2.24) is 20.1 Å². The second-order valence-corrected chi connectivity index (χ2v) is 5.42. The Kier molecular flexibility index (Phi) is 4.71. The van der Waals surface area contributed by atoms with Gasteiger partial charge < -0.3 is 5.32 Å². The summed E-state index contributed by atoms with van der Waals surface area (Å²) in [5.74, 6) is 0. The number of halogens is 1. The van der Waals surface area contributed by atoms with E-state index < -0.39 is 0 Å². The molecule has 2 aromatic heterocycles. The van der Waals surface area contributed by atoms with Crippen molar-refractivity contribution in [2.24, 2.45) is 0 Å². The molecule has 0 amide bonds. The van der Waals surface area contributed by atoms with E-state index in [0.717, 1.165) is 41.1 Å². The smallest absolute Gasteiger partial charge is 0.0835 e. The van der Waals surface area contributed by atoms with Crippen molar-refractivity contribution in [3.05, 3.63) is 39.9 Å². The fourth-order valence-electron chi connectivity index (χ4n) is 1.97. The number of rotatable bonds is 5.